The number of hydrogen-bond acceptors (Lipinski definition) is 3. The number of imidazole rings is 1. The number of rotatable bonds is 2. The molecule has 1 aliphatic rings. The second-order valence-electron chi connectivity index (χ2n) is 4.43. The second-order valence-corrected chi connectivity index (χ2v) is 5.90. The van der Waals surface area contributed by atoms with Gasteiger partial charge >= 0.3 is 0 Å². The zero-order valence-corrected chi connectivity index (χ0v) is 11.8. The van der Waals surface area contributed by atoms with Crippen LogP contribution in [0, 0.1) is 0 Å². The second kappa shape index (κ2) is 4.63. The summed E-state index contributed by atoms with van der Waals surface area (Å²) in [5.41, 5.74) is 2.06. The molecule has 2 heterocycles. The minimum absolute atomic E-state index is 0.142. The van der Waals surface area contributed by atoms with Crippen molar-refractivity contribution < 1.29 is 0 Å². The molecule has 1 aromatic carbocycles. The first-order valence-corrected chi connectivity index (χ1v) is 7.11. The maximum atomic E-state index is 4.68. The molecule has 0 spiro atoms. The quantitative estimate of drug-likeness (QED) is 0.746. The first-order chi connectivity index (χ1) is 8.24. The van der Waals surface area contributed by atoms with Gasteiger partial charge in [0.2, 0.25) is 0 Å². The highest BCUT2D eigenvalue weighted by molar-refractivity contribution is 9.10. The van der Waals surface area contributed by atoms with Crippen LogP contribution in [0.1, 0.15) is 23.9 Å². The molecule has 2 N–H and O–H groups in total. The Morgan fingerprint density at radius 3 is 3.12 bits per heavy atom. The van der Waals surface area contributed by atoms with Crippen LogP contribution in [0.2, 0.25) is 0 Å². The van der Waals surface area contributed by atoms with E-state index in [1.54, 1.807) is 0 Å². The predicted molar refractivity (Wildman–Crippen MR) is 76.5 cm³/mol. The largest absolute Gasteiger partial charge is 0.341 e. The van der Waals surface area contributed by atoms with Crippen molar-refractivity contribution in [3.8, 4) is 0 Å². The zero-order chi connectivity index (χ0) is 11.8. The van der Waals surface area contributed by atoms with Crippen molar-refractivity contribution >= 4 is 39.6 Å². The maximum Gasteiger partial charge on any atom is 0.121 e. The first kappa shape index (κ1) is 11.6. The number of fused-ring (bicyclic) bond motifs is 1. The molecule has 0 bridgehead atoms. The van der Waals surface area contributed by atoms with Gasteiger partial charge in [-0.15, -0.1) is 0 Å². The van der Waals surface area contributed by atoms with E-state index in [2.05, 4.69) is 49.9 Å². The van der Waals surface area contributed by atoms with Gasteiger partial charge < -0.3 is 10.3 Å². The molecule has 0 radical (unpaired) electrons. The van der Waals surface area contributed by atoms with Crippen molar-refractivity contribution in [1.82, 2.24) is 15.3 Å². The lowest BCUT2D eigenvalue weighted by molar-refractivity contribution is 0.581. The third kappa shape index (κ3) is 2.23. The van der Waals surface area contributed by atoms with Crippen LogP contribution >= 0.6 is 28.6 Å². The summed E-state index contributed by atoms with van der Waals surface area (Å²) in [6, 6.07) is 6.51. The Balaban J connectivity index is 1.94. The number of H-pyrrole nitrogens is 1. The Hall–Kier alpha value is -0.520. The van der Waals surface area contributed by atoms with E-state index in [9.17, 15) is 0 Å². The molecule has 17 heavy (non-hydrogen) atoms. The van der Waals surface area contributed by atoms with E-state index in [-0.39, 0.29) is 5.25 Å². The summed E-state index contributed by atoms with van der Waals surface area (Å²) in [6.45, 7) is 1.09. The predicted octanol–water partition coefficient (Wildman–Crippen LogP) is 3.05. The van der Waals surface area contributed by atoms with E-state index in [0.29, 0.717) is 6.04 Å². The molecule has 0 aliphatic carbocycles. The van der Waals surface area contributed by atoms with Gasteiger partial charge in [0.15, 0.2) is 0 Å². The Kier molecular flexibility index (Phi) is 3.15. The number of halogens is 1. The summed E-state index contributed by atoms with van der Waals surface area (Å²) < 4.78 is 1.06. The van der Waals surface area contributed by atoms with Crippen molar-refractivity contribution in [2.24, 2.45) is 0 Å². The van der Waals surface area contributed by atoms with Crippen LogP contribution in [-0.4, -0.2) is 22.6 Å². The van der Waals surface area contributed by atoms with E-state index < -0.39 is 0 Å². The Morgan fingerprint density at radius 1 is 1.47 bits per heavy atom. The van der Waals surface area contributed by atoms with Gasteiger partial charge in [0.05, 0.1) is 16.3 Å². The summed E-state index contributed by atoms with van der Waals surface area (Å²) in [7, 11) is 0. The SMILES string of the molecule is SC(c1nc2ccc(Br)cc2[nH]1)C1CCCN1. The molecule has 1 fully saturated rings. The van der Waals surface area contributed by atoms with Gasteiger partial charge in [-0.2, -0.15) is 12.6 Å². The fourth-order valence-electron chi connectivity index (χ4n) is 2.31. The minimum atomic E-state index is 0.142. The molecule has 1 aliphatic heterocycles. The van der Waals surface area contributed by atoms with E-state index in [4.69, 9.17) is 0 Å². The highest BCUT2D eigenvalue weighted by atomic mass is 79.9. The lowest BCUT2D eigenvalue weighted by Gasteiger charge is -2.15. The lowest BCUT2D eigenvalue weighted by Crippen LogP contribution is -2.26. The fraction of sp³-hybridized carbons (Fsp3) is 0.417. The molecule has 5 heteroatoms. The van der Waals surface area contributed by atoms with E-state index >= 15 is 0 Å². The van der Waals surface area contributed by atoms with Crippen molar-refractivity contribution in [3.63, 3.8) is 0 Å². The summed E-state index contributed by atoms with van der Waals surface area (Å²) >= 11 is 8.15. The van der Waals surface area contributed by atoms with Gasteiger partial charge in [-0.05, 0) is 37.6 Å². The number of nitrogens with one attached hydrogen (secondary N) is 2. The van der Waals surface area contributed by atoms with Crippen LogP contribution in [0.15, 0.2) is 22.7 Å². The summed E-state index contributed by atoms with van der Waals surface area (Å²) in [4.78, 5) is 7.96. The zero-order valence-electron chi connectivity index (χ0n) is 9.28. The van der Waals surface area contributed by atoms with Crippen LogP contribution in [-0.2, 0) is 0 Å². The van der Waals surface area contributed by atoms with Crippen LogP contribution in [0.25, 0.3) is 11.0 Å². The lowest BCUT2D eigenvalue weighted by atomic mass is 10.1. The van der Waals surface area contributed by atoms with Gasteiger partial charge in [0, 0.05) is 10.5 Å². The Bertz CT molecular complexity index is 534. The third-order valence-electron chi connectivity index (χ3n) is 3.22. The number of thiol groups is 1. The van der Waals surface area contributed by atoms with Crippen LogP contribution in [0.4, 0.5) is 0 Å². The summed E-state index contributed by atoms with van der Waals surface area (Å²) in [5.74, 6) is 0.959. The average molecular weight is 312 g/mol. The average Bonchev–Trinajstić information content (AvgIpc) is 2.96. The number of nitrogens with zero attached hydrogens (tertiary/aromatic N) is 1. The van der Waals surface area contributed by atoms with Crippen LogP contribution < -0.4 is 5.32 Å². The number of benzene rings is 1. The molecule has 3 nitrogen and oxygen atoms in total. The molecule has 90 valence electrons. The smallest absolute Gasteiger partial charge is 0.121 e. The maximum absolute atomic E-state index is 4.68. The van der Waals surface area contributed by atoms with Gasteiger partial charge in [0.25, 0.3) is 0 Å². The molecule has 2 aromatic rings. The molecule has 2 unspecified atom stereocenters. The number of aromatic amines is 1. The summed E-state index contributed by atoms with van der Waals surface area (Å²) in [6.07, 6.45) is 2.41. The van der Waals surface area contributed by atoms with Gasteiger partial charge in [-0.1, -0.05) is 15.9 Å². The molecule has 0 saturated carbocycles. The third-order valence-corrected chi connectivity index (χ3v) is 4.32. The first-order valence-electron chi connectivity index (χ1n) is 5.80. The van der Waals surface area contributed by atoms with Gasteiger partial charge in [0.1, 0.15) is 5.82 Å². The van der Waals surface area contributed by atoms with Crippen molar-refractivity contribution in [2.75, 3.05) is 6.54 Å². The van der Waals surface area contributed by atoms with Crippen LogP contribution in [0.3, 0.4) is 0 Å². The molecular formula is C12H14BrN3S. The Labute approximate surface area is 114 Å². The van der Waals surface area contributed by atoms with Crippen molar-refractivity contribution in [1.29, 1.82) is 0 Å². The molecular weight excluding hydrogens is 298 g/mol. The Morgan fingerprint density at radius 2 is 2.35 bits per heavy atom. The minimum Gasteiger partial charge on any atom is -0.341 e. The highest BCUT2D eigenvalue weighted by Gasteiger charge is 2.25. The number of hydrogen-bond donors (Lipinski definition) is 3. The molecule has 1 aromatic heterocycles. The monoisotopic (exact) mass is 311 g/mol. The van der Waals surface area contributed by atoms with Crippen molar-refractivity contribution in [2.45, 2.75) is 24.1 Å². The molecule has 2 atom stereocenters. The fourth-order valence-corrected chi connectivity index (χ4v) is 3.05. The van der Waals surface area contributed by atoms with Gasteiger partial charge in [-0.25, -0.2) is 4.98 Å². The van der Waals surface area contributed by atoms with E-state index in [1.807, 2.05) is 12.1 Å². The topological polar surface area (TPSA) is 40.7 Å². The summed E-state index contributed by atoms with van der Waals surface area (Å²) in [5, 5.41) is 3.61. The number of aromatic nitrogens is 2. The van der Waals surface area contributed by atoms with Crippen LogP contribution in [0.5, 0.6) is 0 Å². The standard InChI is InChI=1S/C12H14BrN3S/c13-7-3-4-8-10(6-7)16-12(15-8)11(17)9-2-1-5-14-9/h3-4,6,9,11,14,17H,1-2,5H2,(H,15,16). The molecule has 3 rings (SSSR count). The van der Waals surface area contributed by atoms with Gasteiger partial charge in [-0.3, -0.25) is 0 Å². The normalized spacial score (nSPS) is 22.1. The molecule has 1 saturated heterocycles. The van der Waals surface area contributed by atoms with E-state index in [1.165, 1.54) is 12.8 Å². The highest BCUT2D eigenvalue weighted by Crippen LogP contribution is 2.28. The molecule has 0 amide bonds. The van der Waals surface area contributed by atoms with Crippen molar-refractivity contribution in [3.05, 3.63) is 28.5 Å². The van der Waals surface area contributed by atoms with E-state index in [0.717, 1.165) is 27.9 Å².